The van der Waals surface area contributed by atoms with Crippen molar-refractivity contribution < 1.29 is 27.4 Å². The van der Waals surface area contributed by atoms with Crippen LogP contribution < -0.4 is 10.1 Å². The van der Waals surface area contributed by atoms with Crippen LogP contribution in [0.1, 0.15) is 34.3 Å². The van der Waals surface area contributed by atoms with Crippen molar-refractivity contribution in [2.45, 2.75) is 25.7 Å². The molecule has 1 aliphatic heterocycles. The summed E-state index contributed by atoms with van der Waals surface area (Å²) < 4.78 is 46.6. The summed E-state index contributed by atoms with van der Waals surface area (Å²) in [5.41, 5.74) is 0.701. The first-order chi connectivity index (χ1) is 14.3. The number of nitriles is 1. The average molecular weight is 421 g/mol. The van der Waals surface area contributed by atoms with Crippen LogP contribution in [0, 0.1) is 11.3 Å². The van der Waals surface area contributed by atoms with Crippen molar-refractivity contribution in [2.24, 2.45) is 0 Å². The van der Waals surface area contributed by atoms with Gasteiger partial charge in [-0.25, -0.2) is 9.97 Å². The maximum atomic E-state index is 12.5. The maximum absolute atomic E-state index is 12.5. The van der Waals surface area contributed by atoms with Gasteiger partial charge in [0.15, 0.2) is 0 Å². The Labute approximate surface area is 170 Å². The number of nitrogens with zero attached hydrogens (tertiary/aromatic N) is 4. The van der Waals surface area contributed by atoms with Gasteiger partial charge in [-0.15, -0.1) is 13.2 Å². The SMILES string of the molecule is N#Cc1cc(CNc2ncc(C(=O)N3CCCCOC3)cn2)cc(OC(F)(F)F)c1. The number of benzene rings is 1. The summed E-state index contributed by atoms with van der Waals surface area (Å²) >= 11 is 0. The molecule has 1 aliphatic rings. The van der Waals surface area contributed by atoms with Crippen LogP contribution in [0.5, 0.6) is 5.75 Å². The van der Waals surface area contributed by atoms with Crippen molar-refractivity contribution in [2.75, 3.05) is 25.2 Å². The summed E-state index contributed by atoms with van der Waals surface area (Å²) in [6.45, 7) is 1.48. The molecule has 0 aliphatic carbocycles. The third-order valence-electron chi connectivity index (χ3n) is 4.18. The van der Waals surface area contributed by atoms with E-state index in [1.165, 1.54) is 24.5 Å². The van der Waals surface area contributed by atoms with E-state index >= 15 is 0 Å². The molecule has 158 valence electrons. The molecule has 0 saturated carbocycles. The van der Waals surface area contributed by atoms with Gasteiger partial charge < -0.3 is 19.7 Å². The fourth-order valence-corrected chi connectivity index (χ4v) is 2.82. The Hall–Kier alpha value is -3.39. The molecule has 1 N–H and O–H groups in total. The highest BCUT2D eigenvalue weighted by Crippen LogP contribution is 2.25. The van der Waals surface area contributed by atoms with Gasteiger partial charge in [-0.2, -0.15) is 5.26 Å². The lowest BCUT2D eigenvalue weighted by Gasteiger charge is -2.19. The molecular weight excluding hydrogens is 403 g/mol. The van der Waals surface area contributed by atoms with Gasteiger partial charge in [0.25, 0.3) is 5.91 Å². The van der Waals surface area contributed by atoms with Crippen LogP contribution in [-0.2, 0) is 11.3 Å². The van der Waals surface area contributed by atoms with E-state index in [0.717, 1.165) is 18.9 Å². The van der Waals surface area contributed by atoms with Crippen molar-refractivity contribution in [1.29, 1.82) is 5.26 Å². The maximum Gasteiger partial charge on any atom is 0.573 e. The van der Waals surface area contributed by atoms with E-state index in [0.29, 0.717) is 24.3 Å². The van der Waals surface area contributed by atoms with Gasteiger partial charge >= 0.3 is 6.36 Å². The quantitative estimate of drug-likeness (QED) is 0.792. The number of amides is 1. The zero-order valence-electron chi connectivity index (χ0n) is 15.8. The number of anilines is 1. The Bertz CT molecular complexity index is 920. The van der Waals surface area contributed by atoms with Crippen LogP contribution in [0.15, 0.2) is 30.6 Å². The van der Waals surface area contributed by atoms with Crippen LogP contribution in [-0.4, -0.2) is 47.0 Å². The molecule has 0 spiro atoms. The van der Waals surface area contributed by atoms with E-state index in [2.05, 4.69) is 20.0 Å². The summed E-state index contributed by atoms with van der Waals surface area (Å²) in [4.78, 5) is 22.2. The predicted molar refractivity (Wildman–Crippen MR) is 98.3 cm³/mol. The number of nitrogens with one attached hydrogen (secondary N) is 1. The highest BCUT2D eigenvalue weighted by atomic mass is 19.4. The number of hydrogen-bond donors (Lipinski definition) is 1. The zero-order valence-corrected chi connectivity index (χ0v) is 15.8. The molecule has 1 saturated heterocycles. The summed E-state index contributed by atoms with van der Waals surface area (Å²) in [5.74, 6) is -0.543. The van der Waals surface area contributed by atoms with E-state index in [1.54, 1.807) is 11.0 Å². The number of rotatable bonds is 5. The molecule has 1 fully saturated rings. The lowest BCUT2D eigenvalue weighted by Crippen LogP contribution is -2.32. The molecule has 0 radical (unpaired) electrons. The number of aromatic nitrogens is 2. The monoisotopic (exact) mass is 421 g/mol. The van der Waals surface area contributed by atoms with Gasteiger partial charge in [-0.3, -0.25) is 4.79 Å². The van der Waals surface area contributed by atoms with Crippen molar-refractivity contribution in [3.05, 3.63) is 47.3 Å². The van der Waals surface area contributed by atoms with Gasteiger partial charge in [0.1, 0.15) is 12.5 Å². The standard InChI is InChI=1S/C19H18F3N5O3/c20-19(21,22)30-16-6-13(8-23)5-14(7-16)9-24-18-25-10-15(11-26-18)17(28)27-3-1-2-4-29-12-27/h5-7,10-11H,1-4,9,12H2,(H,24,25,26). The smallest absolute Gasteiger partial charge is 0.406 e. The predicted octanol–water partition coefficient (Wildman–Crippen LogP) is 3.07. The first-order valence-electron chi connectivity index (χ1n) is 9.07. The van der Waals surface area contributed by atoms with Crippen molar-refractivity contribution in [1.82, 2.24) is 14.9 Å². The lowest BCUT2D eigenvalue weighted by molar-refractivity contribution is -0.274. The Morgan fingerprint density at radius 3 is 2.73 bits per heavy atom. The highest BCUT2D eigenvalue weighted by molar-refractivity contribution is 5.93. The van der Waals surface area contributed by atoms with Gasteiger partial charge in [0.2, 0.25) is 5.95 Å². The molecule has 0 bridgehead atoms. The molecule has 2 heterocycles. The van der Waals surface area contributed by atoms with Crippen LogP contribution in [0.4, 0.5) is 19.1 Å². The molecule has 0 atom stereocenters. The summed E-state index contributed by atoms with van der Waals surface area (Å²) in [6.07, 6.45) is -0.374. The molecule has 2 aromatic rings. The normalized spacial score (nSPS) is 14.5. The minimum Gasteiger partial charge on any atom is -0.406 e. The fourth-order valence-electron chi connectivity index (χ4n) is 2.82. The van der Waals surface area contributed by atoms with E-state index in [-0.39, 0.29) is 30.7 Å². The van der Waals surface area contributed by atoms with Crippen molar-refractivity contribution >= 4 is 11.9 Å². The average Bonchev–Trinajstić information content (AvgIpc) is 3.00. The molecule has 11 heteroatoms. The minimum atomic E-state index is -4.86. The molecule has 3 rings (SSSR count). The minimum absolute atomic E-state index is 0.0232. The molecule has 1 aromatic heterocycles. The van der Waals surface area contributed by atoms with Crippen LogP contribution in [0.3, 0.4) is 0 Å². The summed E-state index contributed by atoms with van der Waals surface area (Å²) in [5, 5.41) is 11.8. The van der Waals surface area contributed by atoms with Crippen LogP contribution in [0.25, 0.3) is 0 Å². The summed E-state index contributed by atoms with van der Waals surface area (Å²) in [7, 11) is 0. The van der Waals surface area contributed by atoms with Crippen molar-refractivity contribution in [3.8, 4) is 11.8 Å². The van der Waals surface area contributed by atoms with Gasteiger partial charge in [-0.1, -0.05) is 0 Å². The van der Waals surface area contributed by atoms with E-state index < -0.39 is 12.1 Å². The number of ether oxygens (including phenoxy) is 2. The first-order valence-corrected chi connectivity index (χ1v) is 9.07. The third-order valence-corrected chi connectivity index (χ3v) is 4.18. The number of hydrogen-bond acceptors (Lipinski definition) is 7. The van der Waals surface area contributed by atoms with Crippen LogP contribution >= 0.6 is 0 Å². The second-order valence-electron chi connectivity index (χ2n) is 6.49. The largest absolute Gasteiger partial charge is 0.573 e. The highest BCUT2D eigenvalue weighted by Gasteiger charge is 2.31. The van der Waals surface area contributed by atoms with E-state index in [9.17, 15) is 18.0 Å². The Kier molecular flexibility index (Phi) is 6.68. The van der Waals surface area contributed by atoms with Gasteiger partial charge in [-0.05, 0) is 36.6 Å². The molecular formula is C19H18F3N5O3. The molecule has 1 amide bonds. The second kappa shape index (κ2) is 9.41. The Morgan fingerprint density at radius 2 is 2.03 bits per heavy atom. The Balaban J connectivity index is 1.64. The zero-order chi connectivity index (χ0) is 21.6. The van der Waals surface area contributed by atoms with Gasteiger partial charge in [0.05, 0.1) is 17.2 Å². The summed E-state index contributed by atoms with van der Waals surface area (Å²) in [6, 6.07) is 5.38. The Morgan fingerprint density at radius 1 is 1.27 bits per heavy atom. The molecule has 0 unspecified atom stereocenters. The molecule has 30 heavy (non-hydrogen) atoms. The fraction of sp³-hybridized carbons (Fsp3) is 0.368. The number of alkyl halides is 3. The third kappa shape index (κ3) is 6.05. The van der Waals surface area contributed by atoms with Gasteiger partial charge in [0, 0.05) is 32.1 Å². The van der Waals surface area contributed by atoms with Crippen molar-refractivity contribution in [3.63, 3.8) is 0 Å². The van der Waals surface area contributed by atoms with Crippen LogP contribution in [0.2, 0.25) is 0 Å². The number of carbonyl (C=O) groups is 1. The number of carbonyl (C=O) groups excluding carboxylic acids is 1. The molecule has 8 nitrogen and oxygen atoms in total. The first kappa shape index (κ1) is 21.3. The number of halogens is 3. The lowest BCUT2D eigenvalue weighted by atomic mass is 10.1. The molecule has 1 aromatic carbocycles. The van der Waals surface area contributed by atoms with E-state index in [4.69, 9.17) is 10.00 Å². The van der Waals surface area contributed by atoms with E-state index in [1.807, 2.05) is 0 Å². The second-order valence-corrected chi connectivity index (χ2v) is 6.49. The topological polar surface area (TPSA) is 100 Å².